The molecule has 6 heteroatoms. The molecule has 0 aliphatic carbocycles. The Balaban J connectivity index is 2.46. The van der Waals surface area contributed by atoms with Gasteiger partial charge in [0.1, 0.15) is 11.4 Å². The number of nitrogens with zero attached hydrogens (tertiary/aromatic N) is 4. The van der Waals surface area contributed by atoms with E-state index < -0.39 is 0 Å². The normalized spacial score (nSPS) is 10.3. The standard InChI is InChI=1S/C9H7BrN4O/c1-14-7(9(10)12-13-14)8(15)6-4-2-3-5-11-6/h2-5H,1H3. The van der Waals surface area contributed by atoms with Gasteiger partial charge in [-0.15, -0.1) is 5.10 Å². The van der Waals surface area contributed by atoms with Crippen LogP contribution < -0.4 is 0 Å². The highest BCUT2D eigenvalue weighted by molar-refractivity contribution is 9.10. The SMILES string of the molecule is Cn1nnc(Br)c1C(=O)c1ccccn1. The van der Waals surface area contributed by atoms with E-state index in [1.165, 1.54) is 4.68 Å². The van der Waals surface area contributed by atoms with Gasteiger partial charge in [0, 0.05) is 13.2 Å². The number of aryl methyl sites for hydroxylation is 1. The van der Waals surface area contributed by atoms with Gasteiger partial charge in [0.25, 0.3) is 0 Å². The van der Waals surface area contributed by atoms with Crippen LogP contribution in [0.1, 0.15) is 16.2 Å². The van der Waals surface area contributed by atoms with E-state index in [4.69, 9.17) is 0 Å². The lowest BCUT2D eigenvalue weighted by molar-refractivity contribution is 0.102. The van der Waals surface area contributed by atoms with Crippen LogP contribution in [0.4, 0.5) is 0 Å². The van der Waals surface area contributed by atoms with E-state index in [0.717, 1.165) is 0 Å². The molecular formula is C9H7BrN4O. The van der Waals surface area contributed by atoms with Crippen molar-refractivity contribution in [1.82, 2.24) is 20.0 Å². The summed E-state index contributed by atoms with van der Waals surface area (Å²) >= 11 is 3.17. The van der Waals surface area contributed by atoms with Crippen molar-refractivity contribution in [3.8, 4) is 0 Å². The number of ketones is 1. The van der Waals surface area contributed by atoms with Crippen LogP contribution >= 0.6 is 15.9 Å². The van der Waals surface area contributed by atoms with Crippen molar-refractivity contribution >= 4 is 21.7 Å². The fourth-order valence-corrected chi connectivity index (χ4v) is 1.70. The number of pyridine rings is 1. The quantitative estimate of drug-likeness (QED) is 0.767. The van der Waals surface area contributed by atoms with E-state index in [1.807, 2.05) is 0 Å². The predicted octanol–water partition coefficient (Wildman–Crippen LogP) is 1.20. The Morgan fingerprint density at radius 2 is 2.27 bits per heavy atom. The maximum Gasteiger partial charge on any atom is 0.232 e. The van der Waals surface area contributed by atoms with Gasteiger partial charge in [0.15, 0.2) is 4.60 Å². The fraction of sp³-hybridized carbons (Fsp3) is 0.111. The molecule has 0 spiro atoms. The van der Waals surface area contributed by atoms with Crippen LogP contribution in [0.15, 0.2) is 29.0 Å². The molecule has 0 saturated carbocycles. The van der Waals surface area contributed by atoms with E-state index >= 15 is 0 Å². The molecule has 2 rings (SSSR count). The van der Waals surface area contributed by atoms with Crippen molar-refractivity contribution in [2.75, 3.05) is 0 Å². The Morgan fingerprint density at radius 3 is 2.80 bits per heavy atom. The molecule has 0 saturated heterocycles. The number of halogens is 1. The zero-order chi connectivity index (χ0) is 10.8. The van der Waals surface area contributed by atoms with Gasteiger partial charge in [0.2, 0.25) is 5.78 Å². The van der Waals surface area contributed by atoms with Crippen molar-refractivity contribution in [1.29, 1.82) is 0 Å². The van der Waals surface area contributed by atoms with Crippen molar-refractivity contribution in [2.45, 2.75) is 0 Å². The molecule has 2 aromatic heterocycles. The first kappa shape index (κ1) is 9.97. The zero-order valence-corrected chi connectivity index (χ0v) is 9.47. The molecule has 0 fully saturated rings. The Hall–Kier alpha value is -1.56. The summed E-state index contributed by atoms with van der Waals surface area (Å²) in [5.41, 5.74) is 0.775. The van der Waals surface area contributed by atoms with Gasteiger partial charge in [-0.2, -0.15) is 0 Å². The molecule has 5 nitrogen and oxygen atoms in total. The van der Waals surface area contributed by atoms with E-state index in [-0.39, 0.29) is 5.78 Å². The first-order valence-electron chi connectivity index (χ1n) is 4.21. The number of carbonyl (C=O) groups excluding carboxylic acids is 1. The summed E-state index contributed by atoms with van der Waals surface area (Å²) in [4.78, 5) is 15.9. The largest absolute Gasteiger partial charge is 0.285 e. The lowest BCUT2D eigenvalue weighted by Crippen LogP contribution is -2.10. The van der Waals surface area contributed by atoms with E-state index in [2.05, 4.69) is 31.2 Å². The molecule has 15 heavy (non-hydrogen) atoms. The molecule has 0 atom stereocenters. The second kappa shape index (κ2) is 3.90. The van der Waals surface area contributed by atoms with Gasteiger partial charge in [-0.25, -0.2) is 4.68 Å². The van der Waals surface area contributed by atoms with Crippen molar-refractivity contribution in [3.05, 3.63) is 40.4 Å². The fourth-order valence-electron chi connectivity index (χ4n) is 1.19. The number of hydrogen-bond donors (Lipinski definition) is 0. The van der Waals surface area contributed by atoms with Crippen LogP contribution in [-0.2, 0) is 7.05 Å². The summed E-state index contributed by atoms with van der Waals surface area (Å²) < 4.78 is 1.85. The molecule has 2 aromatic rings. The van der Waals surface area contributed by atoms with Crippen molar-refractivity contribution in [2.24, 2.45) is 7.05 Å². The molecule has 2 heterocycles. The summed E-state index contributed by atoms with van der Waals surface area (Å²) in [6.07, 6.45) is 1.57. The Kier molecular flexibility index (Phi) is 2.59. The molecule has 0 aliphatic heterocycles. The third kappa shape index (κ3) is 1.80. The Morgan fingerprint density at radius 1 is 1.47 bits per heavy atom. The van der Waals surface area contributed by atoms with Crippen LogP contribution in [0.3, 0.4) is 0 Å². The summed E-state index contributed by atoms with van der Waals surface area (Å²) in [7, 11) is 1.66. The average Bonchev–Trinajstić information content (AvgIpc) is 2.59. The molecule has 0 aliphatic rings. The summed E-state index contributed by atoms with van der Waals surface area (Å²) in [5, 5.41) is 7.48. The maximum absolute atomic E-state index is 12.0. The predicted molar refractivity (Wildman–Crippen MR) is 56.4 cm³/mol. The van der Waals surface area contributed by atoms with E-state index in [1.54, 1.807) is 31.4 Å². The molecule has 0 radical (unpaired) electrons. The molecule has 0 unspecified atom stereocenters. The number of hydrogen-bond acceptors (Lipinski definition) is 4. The van der Waals surface area contributed by atoms with Gasteiger partial charge in [-0.1, -0.05) is 11.3 Å². The van der Waals surface area contributed by atoms with Gasteiger partial charge in [-0.05, 0) is 28.1 Å². The van der Waals surface area contributed by atoms with Gasteiger partial charge >= 0.3 is 0 Å². The summed E-state index contributed by atoms with van der Waals surface area (Å²) in [6, 6.07) is 5.17. The van der Waals surface area contributed by atoms with Crippen molar-refractivity contribution < 1.29 is 4.79 Å². The molecule has 0 amide bonds. The summed E-state index contributed by atoms with van der Waals surface area (Å²) in [6.45, 7) is 0. The van der Waals surface area contributed by atoms with Gasteiger partial charge < -0.3 is 0 Å². The van der Waals surface area contributed by atoms with Crippen LogP contribution in [0.25, 0.3) is 0 Å². The Labute approximate surface area is 94.3 Å². The molecule has 76 valence electrons. The second-order valence-electron chi connectivity index (χ2n) is 2.90. The maximum atomic E-state index is 12.0. The smallest absolute Gasteiger partial charge is 0.232 e. The lowest BCUT2D eigenvalue weighted by Gasteiger charge is -1.99. The molecule has 0 aromatic carbocycles. The first-order chi connectivity index (χ1) is 7.20. The number of carbonyl (C=O) groups is 1. The molecule has 0 bridgehead atoms. The minimum Gasteiger partial charge on any atom is -0.285 e. The average molecular weight is 267 g/mol. The van der Waals surface area contributed by atoms with Crippen LogP contribution in [0.5, 0.6) is 0 Å². The van der Waals surface area contributed by atoms with Crippen LogP contribution in [0.2, 0.25) is 0 Å². The molecular weight excluding hydrogens is 260 g/mol. The second-order valence-corrected chi connectivity index (χ2v) is 3.65. The zero-order valence-electron chi connectivity index (χ0n) is 7.88. The third-order valence-corrected chi connectivity index (χ3v) is 2.43. The highest BCUT2D eigenvalue weighted by Crippen LogP contribution is 2.15. The van der Waals surface area contributed by atoms with E-state index in [0.29, 0.717) is 16.0 Å². The van der Waals surface area contributed by atoms with Gasteiger partial charge in [0.05, 0.1) is 0 Å². The third-order valence-electron chi connectivity index (χ3n) is 1.90. The lowest BCUT2D eigenvalue weighted by atomic mass is 10.2. The Bertz CT molecular complexity index is 475. The summed E-state index contributed by atoms with van der Waals surface area (Å²) in [5.74, 6) is -0.199. The highest BCUT2D eigenvalue weighted by atomic mass is 79.9. The van der Waals surface area contributed by atoms with Crippen molar-refractivity contribution in [3.63, 3.8) is 0 Å². The molecule has 0 N–H and O–H groups in total. The van der Waals surface area contributed by atoms with Crippen LogP contribution in [0, 0.1) is 0 Å². The topological polar surface area (TPSA) is 60.7 Å². The first-order valence-corrected chi connectivity index (χ1v) is 5.00. The van der Waals surface area contributed by atoms with E-state index in [9.17, 15) is 4.79 Å². The minimum atomic E-state index is -0.199. The highest BCUT2D eigenvalue weighted by Gasteiger charge is 2.19. The number of aromatic nitrogens is 4. The number of rotatable bonds is 2. The minimum absolute atomic E-state index is 0.199. The monoisotopic (exact) mass is 266 g/mol. The van der Waals surface area contributed by atoms with Crippen LogP contribution in [-0.4, -0.2) is 25.8 Å². The van der Waals surface area contributed by atoms with Gasteiger partial charge in [-0.3, -0.25) is 9.78 Å².